The fourth-order valence-electron chi connectivity index (χ4n) is 2.37. The Bertz CT molecular complexity index is 1040. The molecule has 0 bridgehead atoms. The van der Waals surface area contributed by atoms with Gasteiger partial charge in [-0.25, -0.2) is 4.98 Å². The number of rotatable bonds is 3. The molecular weight excluding hydrogens is 429 g/mol. The number of hydrogen-bond acceptors (Lipinski definition) is 4. The first-order chi connectivity index (χ1) is 11.9. The van der Waals surface area contributed by atoms with E-state index in [0.717, 1.165) is 4.47 Å². The van der Waals surface area contributed by atoms with Gasteiger partial charge in [-0.2, -0.15) is 9.78 Å². The lowest BCUT2D eigenvalue weighted by atomic mass is 10.2. The highest BCUT2D eigenvalue weighted by Crippen LogP contribution is 2.33. The minimum atomic E-state index is -0.259. The Morgan fingerprint density at radius 2 is 1.92 bits per heavy atom. The van der Waals surface area contributed by atoms with Crippen LogP contribution in [0.2, 0.25) is 10.0 Å². The van der Waals surface area contributed by atoms with Crippen LogP contribution in [0.5, 0.6) is 5.75 Å². The van der Waals surface area contributed by atoms with Gasteiger partial charge in [0, 0.05) is 4.47 Å². The minimum absolute atomic E-state index is 0.259. The highest BCUT2D eigenvalue weighted by atomic mass is 79.9. The topological polar surface area (TPSA) is 56.5 Å². The Balaban J connectivity index is 2.09. The largest absolute Gasteiger partial charge is 0.494 e. The van der Waals surface area contributed by atoms with Gasteiger partial charge in [-0.05, 0) is 42.8 Å². The predicted molar refractivity (Wildman–Crippen MR) is 104 cm³/mol. The molecule has 0 saturated carbocycles. The maximum Gasteiger partial charge on any atom is 0.282 e. The molecule has 0 N–H and O–H groups in total. The van der Waals surface area contributed by atoms with Crippen LogP contribution in [0.25, 0.3) is 10.9 Å². The van der Waals surface area contributed by atoms with Crippen molar-refractivity contribution in [1.82, 2.24) is 9.66 Å². The number of aromatic nitrogens is 2. The van der Waals surface area contributed by atoms with E-state index < -0.39 is 0 Å². The van der Waals surface area contributed by atoms with Gasteiger partial charge in [-0.15, -0.1) is 0 Å². The molecule has 2 aromatic carbocycles. The van der Waals surface area contributed by atoms with Crippen LogP contribution in [0.1, 0.15) is 11.4 Å². The van der Waals surface area contributed by atoms with E-state index in [2.05, 4.69) is 26.0 Å². The number of ether oxygens (including phenoxy) is 1. The molecule has 25 heavy (non-hydrogen) atoms. The molecule has 0 saturated heterocycles. The molecule has 1 heterocycles. The molecular formula is C17H12BrCl2N3O2. The van der Waals surface area contributed by atoms with Gasteiger partial charge in [0.2, 0.25) is 0 Å². The maximum absolute atomic E-state index is 12.7. The lowest BCUT2D eigenvalue weighted by Crippen LogP contribution is -2.20. The van der Waals surface area contributed by atoms with Crippen LogP contribution in [-0.4, -0.2) is 23.0 Å². The van der Waals surface area contributed by atoms with Gasteiger partial charge < -0.3 is 4.74 Å². The molecule has 0 aliphatic rings. The summed E-state index contributed by atoms with van der Waals surface area (Å²) in [7, 11) is 1.49. The van der Waals surface area contributed by atoms with Crippen LogP contribution in [0.15, 0.2) is 44.7 Å². The highest BCUT2D eigenvalue weighted by Gasteiger charge is 2.09. The van der Waals surface area contributed by atoms with Gasteiger partial charge >= 0.3 is 0 Å². The second kappa shape index (κ2) is 7.15. The van der Waals surface area contributed by atoms with E-state index in [1.165, 1.54) is 18.0 Å². The standard InChI is InChI=1S/C17H12BrCl2N3O2/c1-9-22-15-4-3-11(18)7-12(15)17(24)23(9)21-8-10-5-13(19)16(25-2)14(20)6-10/h3-8H,1-2H3. The third kappa shape index (κ3) is 3.56. The Morgan fingerprint density at radius 1 is 1.24 bits per heavy atom. The van der Waals surface area contributed by atoms with E-state index in [0.29, 0.717) is 38.1 Å². The SMILES string of the molecule is COc1c(Cl)cc(C=Nn2c(C)nc3ccc(Br)cc3c2=O)cc1Cl. The van der Waals surface area contributed by atoms with Crippen molar-refractivity contribution in [2.24, 2.45) is 5.10 Å². The Hall–Kier alpha value is -1.89. The Kier molecular flexibility index (Phi) is 5.13. The van der Waals surface area contributed by atoms with Crippen LogP contribution in [-0.2, 0) is 0 Å². The van der Waals surface area contributed by atoms with E-state index in [-0.39, 0.29) is 5.56 Å². The summed E-state index contributed by atoms with van der Waals surface area (Å²) in [6, 6.07) is 8.65. The summed E-state index contributed by atoms with van der Waals surface area (Å²) in [6.07, 6.45) is 1.50. The van der Waals surface area contributed by atoms with E-state index in [4.69, 9.17) is 27.9 Å². The summed E-state index contributed by atoms with van der Waals surface area (Å²) >= 11 is 15.6. The third-order valence-electron chi connectivity index (χ3n) is 3.52. The first-order valence-electron chi connectivity index (χ1n) is 7.17. The minimum Gasteiger partial charge on any atom is -0.494 e. The van der Waals surface area contributed by atoms with Gasteiger partial charge in [-0.1, -0.05) is 39.1 Å². The number of fused-ring (bicyclic) bond motifs is 1. The van der Waals surface area contributed by atoms with Crippen molar-refractivity contribution >= 4 is 56.2 Å². The predicted octanol–water partition coefficient (Wildman–Crippen LogP) is 4.67. The summed E-state index contributed by atoms with van der Waals surface area (Å²) in [5.41, 5.74) is 0.995. The maximum atomic E-state index is 12.7. The number of benzene rings is 2. The van der Waals surface area contributed by atoms with Crippen LogP contribution in [0.3, 0.4) is 0 Å². The van der Waals surface area contributed by atoms with E-state index in [9.17, 15) is 4.79 Å². The molecule has 3 rings (SSSR count). The van der Waals surface area contributed by atoms with Crippen LogP contribution < -0.4 is 10.3 Å². The van der Waals surface area contributed by atoms with Crippen LogP contribution in [0.4, 0.5) is 0 Å². The van der Waals surface area contributed by atoms with E-state index >= 15 is 0 Å². The zero-order chi connectivity index (χ0) is 18.1. The summed E-state index contributed by atoms with van der Waals surface area (Å²) in [4.78, 5) is 17.1. The van der Waals surface area contributed by atoms with Crippen LogP contribution in [0, 0.1) is 6.92 Å². The molecule has 0 spiro atoms. The molecule has 0 unspecified atom stereocenters. The fraction of sp³-hybridized carbons (Fsp3) is 0.118. The average molecular weight is 441 g/mol. The van der Waals surface area contributed by atoms with Crippen LogP contribution >= 0.6 is 39.1 Å². The summed E-state index contributed by atoms with van der Waals surface area (Å²) in [6.45, 7) is 1.72. The van der Waals surface area contributed by atoms with E-state index in [1.807, 2.05) is 6.07 Å². The van der Waals surface area contributed by atoms with Gasteiger partial charge in [0.25, 0.3) is 5.56 Å². The molecule has 0 aliphatic heterocycles. The molecule has 0 fully saturated rings. The van der Waals surface area contributed by atoms with Crippen molar-refractivity contribution in [3.8, 4) is 5.75 Å². The molecule has 0 aliphatic carbocycles. The normalized spacial score (nSPS) is 11.4. The number of halogens is 3. The Labute approximate surface area is 162 Å². The first-order valence-corrected chi connectivity index (χ1v) is 8.72. The molecule has 0 amide bonds. The van der Waals surface area contributed by atoms with Crippen molar-refractivity contribution in [2.75, 3.05) is 7.11 Å². The monoisotopic (exact) mass is 439 g/mol. The quantitative estimate of drug-likeness (QED) is 0.556. The van der Waals surface area contributed by atoms with Gasteiger partial charge in [-0.3, -0.25) is 4.79 Å². The summed E-state index contributed by atoms with van der Waals surface area (Å²) in [5, 5.41) is 5.44. The van der Waals surface area contributed by atoms with E-state index in [1.54, 1.807) is 31.2 Å². The molecule has 128 valence electrons. The summed E-state index contributed by atoms with van der Waals surface area (Å²) in [5.74, 6) is 0.868. The van der Waals surface area contributed by atoms with Crippen molar-refractivity contribution in [2.45, 2.75) is 6.92 Å². The number of aryl methyl sites for hydroxylation is 1. The zero-order valence-corrected chi connectivity index (χ0v) is 16.4. The molecule has 0 atom stereocenters. The number of methoxy groups -OCH3 is 1. The van der Waals surface area contributed by atoms with Crippen molar-refractivity contribution in [1.29, 1.82) is 0 Å². The number of nitrogens with zero attached hydrogens (tertiary/aromatic N) is 3. The summed E-state index contributed by atoms with van der Waals surface area (Å²) < 4.78 is 7.15. The Morgan fingerprint density at radius 3 is 2.56 bits per heavy atom. The van der Waals surface area contributed by atoms with Crippen molar-refractivity contribution in [3.05, 3.63) is 66.6 Å². The molecule has 8 heteroatoms. The fourth-order valence-corrected chi connectivity index (χ4v) is 3.39. The van der Waals surface area contributed by atoms with Gasteiger partial charge in [0.05, 0.1) is 34.3 Å². The lowest BCUT2D eigenvalue weighted by molar-refractivity contribution is 0.415. The number of hydrogen-bond donors (Lipinski definition) is 0. The van der Waals surface area contributed by atoms with Crippen molar-refractivity contribution in [3.63, 3.8) is 0 Å². The highest BCUT2D eigenvalue weighted by molar-refractivity contribution is 9.10. The van der Waals surface area contributed by atoms with Crippen molar-refractivity contribution < 1.29 is 4.74 Å². The average Bonchev–Trinajstić information content (AvgIpc) is 2.55. The second-order valence-electron chi connectivity index (χ2n) is 5.20. The first kappa shape index (κ1) is 17.9. The molecule has 5 nitrogen and oxygen atoms in total. The second-order valence-corrected chi connectivity index (χ2v) is 6.93. The lowest BCUT2D eigenvalue weighted by Gasteiger charge is -2.07. The smallest absolute Gasteiger partial charge is 0.282 e. The molecule has 3 aromatic rings. The molecule has 0 radical (unpaired) electrons. The van der Waals surface area contributed by atoms with Gasteiger partial charge in [0.1, 0.15) is 5.82 Å². The molecule has 1 aromatic heterocycles. The zero-order valence-electron chi connectivity index (χ0n) is 13.3. The third-order valence-corrected chi connectivity index (χ3v) is 4.57. The van der Waals surface area contributed by atoms with Gasteiger partial charge in [0.15, 0.2) is 5.75 Å².